The summed E-state index contributed by atoms with van der Waals surface area (Å²) in [5.41, 5.74) is 2.03. The molecule has 3 aromatic rings. The number of hydrogen-bond donors (Lipinski definition) is 2. The number of halogens is 6. The van der Waals surface area contributed by atoms with Gasteiger partial charge in [0.05, 0.1) is 11.4 Å². The summed E-state index contributed by atoms with van der Waals surface area (Å²) >= 11 is 15.4. The van der Waals surface area contributed by atoms with Crippen LogP contribution in [0.3, 0.4) is 0 Å². The summed E-state index contributed by atoms with van der Waals surface area (Å²) in [5.74, 6) is 0. The van der Waals surface area contributed by atoms with Gasteiger partial charge in [0.25, 0.3) is 0 Å². The van der Waals surface area contributed by atoms with Gasteiger partial charge in [-0.05, 0) is 48.0 Å². The van der Waals surface area contributed by atoms with Gasteiger partial charge in [-0.2, -0.15) is 13.2 Å². The minimum Gasteiger partial charge on any atom is -0.307 e. The quantitative estimate of drug-likeness (QED) is 0.350. The van der Waals surface area contributed by atoms with E-state index in [0.717, 1.165) is 21.8 Å². The van der Waals surface area contributed by atoms with Crippen LogP contribution < -0.4 is 10.8 Å². The number of benzene rings is 2. The van der Waals surface area contributed by atoms with Crippen LogP contribution in [0.2, 0.25) is 10.0 Å². The van der Waals surface area contributed by atoms with Crippen LogP contribution in [-0.2, 0) is 23.5 Å². The second-order valence-corrected chi connectivity index (χ2v) is 9.11. The highest BCUT2D eigenvalue weighted by molar-refractivity contribution is 9.10. The lowest BCUT2D eigenvalue weighted by atomic mass is 9.91. The Balaban J connectivity index is 1.57. The molecule has 172 valence electrons. The molecule has 4 rings (SSSR count). The van der Waals surface area contributed by atoms with Gasteiger partial charge in [0.1, 0.15) is 0 Å². The Kier molecular flexibility index (Phi) is 7.02. The lowest BCUT2D eigenvalue weighted by molar-refractivity contribution is -0.269. The summed E-state index contributed by atoms with van der Waals surface area (Å²) in [7, 11) is 0. The van der Waals surface area contributed by atoms with E-state index in [-0.39, 0.29) is 21.3 Å². The first-order valence-corrected chi connectivity index (χ1v) is 11.3. The predicted octanol–water partition coefficient (Wildman–Crippen LogP) is 6.77. The third-order valence-electron chi connectivity index (χ3n) is 5.09. The van der Waals surface area contributed by atoms with Gasteiger partial charge in [-0.3, -0.25) is 15.3 Å². The molecule has 1 aliphatic rings. The molecule has 0 aliphatic carbocycles. The van der Waals surface area contributed by atoms with E-state index in [0.29, 0.717) is 18.7 Å². The van der Waals surface area contributed by atoms with E-state index in [1.807, 2.05) is 24.3 Å². The Labute approximate surface area is 206 Å². The van der Waals surface area contributed by atoms with Crippen LogP contribution in [0.4, 0.5) is 13.2 Å². The molecule has 0 saturated carbocycles. The molecule has 1 unspecified atom stereocenters. The first-order valence-electron chi connectivity index (χ1n) is 9.77. The van der Waals surface area contributed by atoms with Crippen LogP contribution in [0, 0.1) is 0 Å². The molecule has 0 saturated heterocycles. The van der Waals surface area contributed by atoms with Crippen LogP contribution in [-0.4, -0.2) is 11.2 Å². The predicted molar refractivity (Wildman–Crippen MR) is 125 cm³/mol. The molecule has 2 heterocycles. The van der Waals surface area contributed by atoms with Gasteiger partial charge in [0.2, 0.25) is 5.60 Å². The van der Waals surface area contributed by atoms with Crippen molar-refractivity contribution in [1.29, 1.82) is 0 Å². The maximum atomic E-state index is 14.2. The molecule has 1 atom stereocenters. The van der Waals surface area contributed by atoms with Gasteiger partial charge >= 0.3 is 6.18 Å². The van der Waals surface area contributed by atoms with E-state index < -0.39 is 11.8 Å². The number of alkyl halides is 3. The zero-order chi connectivity index (χ0) is 23.6. The molecule has 0 fully saturated rings. The van der Waals surface area contributed by atoms with E-state index in [1.165, 1.54) is 18.2 Å². The Bertz CT molecular complexity index is 1170. The van der Waals surface area contributed by atoms with Crippen LogP contribution in [0.1, 0.15) is 22.4 Å². The molecule has 0 amide bonds. The third-order valence-corrected chi connectivity index (χ3v) is 6.27. The summed E-state index contributed by atoms with van der Waals surface area (Å²) in [5, 5.41) is 3.45. The number of nitrogens with zero attached hydrogens (tertiary/aromatic N) is 1. The van der Waals surface area contributed by atoms with E-state index in [2.05, 4.69) is 31.7 Å². The number of aromatic nitrogens is 1. The molecule has 10 heteroatoms. The Morgan fingerprint density at radius 2 is 1.79 bits per heavy atom. The molecule has 4 nitrogen and oxygen atoms in total. The van der Waals surface area contributed by atoms with Crippen molar-refractivity contribution >= 4 is 44.8 Å². The summed E-state index contributed by atoms with van der Waals surface area (Å²) in [6.45, 7) is 1.14. The van der Waals surface area contributed by atoms with Crippen molar-refractivity contribution in [3.8, 4) is 0 Å². The van der Waals surface area contributed by atoms with Gasteiger partial charge in [-0.1, -0.05) is 57.3 Å². The highest BCUT2D eigenvalue weighted by Crippen LogP contribution is 2.48. The van der Waals surface area contributed by atoms with E-state index in [1.54, 1.807) is 18.3 Å². The minimum absolute atomic E-state index is 0.0804. The largest absolute Gasteiger partial charge is 0.428 e. The molecule has 33 heavy (non-hydrogen) atoms. The van der Waals surface area contributed by atoms with Gasteiger partial charge in [0.15, 0.2) is 0 Å². The lowest BCUT2D eigenvalue weighted by Gasteiger charge is -2.28. The number of pyridine rings is 1. The molecule has 1 aliphatic heterocycles. The standard InChI is InChI=1S/C23H17BrCl2F3N3O/c24-20-7-14(4-5-15(20)12-30-13-19-3-1-2-6-31-19)21-11-22(33-32-21,23(27,28)29)16-8-17(25)10-18(26)9-16/h1-11,30,32H,12-13H2. The summed E-state index contributed by atoms with van der Waals surface area (Å²) in [4.78, 5) is 9.39. The third kappa shape index (κ3) is 5.20. The Morgan fingerprint density at radius 3 is 2.42 bits per heavy atom. The second kappa shape index (κ2) is 9.64. The maximum Gasteiger partial charge on any atom is 0.428 e. The molecule has 2 aromatic carbocycles. The fraction of sp³-hybridized carbons (Fsp3) is 0.174. The van der Waals surface area contributed by atoms with E-state index >= 15 is 0 Å². The number of hydroxylamine groups is 1. The Hall–Kier alpha value is -2.10. The van der Waals surface area contributed by atoms with Gasteiger partial charge < -0.3 is 5.32 Å². The van der Waals surface area contributed by atoms with E-state index in [4.69, 9.17) is 28.0 Å². The summed E-state index contributed by atoms with van der Waals surface area (Å²) in [6.07, 6.45) is -2.04. The first-order chi connectivity index (χ1) is 15.7. The van der Waals surface area contributed by atoms with Gasteiger partial charge in [0, 0.05) is 44.9 Å². The van der Waals surface area contributed by atoms with Gasteiger partial charge in [-0.15, -0.1) is 0 Å². The molecule has 0 radical (unpaired) electrons. The van der Waals surface area contributed by atoms with E-state index in [9.17, 15) is 13.2 Å². The molecule has 1 aromatic heterocycles. The van der Waals surface area contributed by atoms with Crippen LogP contribution in [0.5, 0.6) is 0 Å². The first kappa shape index (κ1) is 24.0. The maximum absolute atomic E-state index is 14.2. The highest BCUT2D eigenvalue weighted by Gasteiger charge is 2.59. The van der Waals surface area contributed by atoms with Crippen molar-refractivity contribution < 1.29 is 18.0 Å². The Morgan fingerprint density at radius 1 is 1.03 bits per heavy atom. The number of rotatable bonds is 6. The fourth-order valence-corrected chi connectivity index (χ4v) is 4.48. The highest BCUT2D eigenvalue weighted by atomic mass is 79.9. The van der Waals surface area contributed by atoms with Crippen molar-refractivity contribution in [2.24, 2.45) is 0 Å². The SMILES string of the molecule is FC(F)(F)C1(c2cc(Cl)cc(Cl)c2)C=C(c2ccc(CNCc3ccccn3)c(Br)c2)NO1. The van der Waals surface area contributed by atoms with Crippen molar-refractivity contribution in [2.45, 2.75) is 24.9 Å². The summed E-state index contributed by atoms with van der Waals surface area (Å²) in [6, 6.07) is 14.7. The molecular weight excluding hydrogens is 542 g/mol. The monoisotopic (exact) mass is 557 g/mol. The smallest absolute Gasteiger partial charge is 0.307 e. The van der Waals surface area contributed by atoms with Crippen LogP contribution in [0.25, 0.3) is 5.70 Å². The molecule has 0 spiro atoms. The minimum atomic E-state index is -4.76. The van der Waals surface area contributed by atoms with Gasteiger partial charge in [-0.25, -0.2) is 0 Å². The zero-order valence-corrected chi connectivity index (χ0v) is 20.0. The molecule has 0 bridgehead atoms. The van der Waals surface area contributed by atoms with Crippen molar-refractivity contribution in [2.75, 3.05) is 0 Å². The topological polar surface area (TPSA) is 46.2 Å². The number of hydrogen-bond acceptors (Lipinski definition) is 4. The van der Waals surface area contributed by atoms with Crippen LogP contribution >= 0.6 is 39.1 Å². The average molecular weight is 559 g/mol. The molecule has 2 N–H and O–H groups in total. The fourth-order valence-electron chi connectivity index (χ4n) is 3.44. The zero-order valence-electron chi connectivity index (χ0n) is 16.9. The number of nitrogens with one attached hydrogen (secondary N) is 2. The van der Waals surface area contributed by atoms with Crippen molar-refractivity contribution in [3.05, 3.63) is 104 Å². The lowest BCUT2D eigenvalue weighted by Crippen LogP contribution is -2.42. The average Bonchev–Trinajstić information content (AvgIpc) is 3.22. The van der Waals surface area contributed by atoms with Crippen molar-refractivity contribution in [3.63, 3.8) is 0 Å². The van der Waals surface area contributed by atoms with Crippen molar-refractivity contribution in [1.82, 2.24) is 15.8 Å². The summed E-state index contributed by atoms with van der Waals surface area (Å²) < 4.78 is 43.2. The molecular formula is C23H17BrCl2F3N3O. The second-order valence-electron chi connectivity index (χ2n) is 7.38. The normalized spacial score (nSPS) is 18.2. The van der Waals surface area contributed by atoms with Crippen LogP contribution in [0.15, 0.2) is 71.3 Å².